The second kappa shape index (κ2) is 10.7. The first kappa shape index (κ1) is 21.9. The van der Waals surface area contributed by atoms with Gasteiger partial charge < -0.3 is 14.3 Å². The fourth-order valence-electron chi connectivity index (χ4n) is 3.07. The molecule has 1 saturated heterocycles. The van der Waals surface area contributed by atoms with Crippen molar-refractivity contribution in [2.75, 3.05) is 13.7 Å². The SMILES string of the molecule is C=C(CCCC(C)=O)[C@@H]1C(=O)OCC(=CCC=C(C)C)[C@H]1CC(=O)OC. The molecule has 5 nitrogen and oxygen atoms in total. The van der Waals surface area contributed by atoms with Crippen molar-refractivity contribution in [3.05, 3.63) is 35.5 Å². The lowest BCUT2D eigenvalue weighted by molar-refractivity contribution is -0.152. The van der Waals surface area contributed by atoms with Crippen LogP contribution in [0.25, 0.3) is 0 Å². The summed E-state index contributed by atoms with van der Waals surface area (Å²) in [6.45, 7) is 9.82. The van der Waals surface area contributed by atoms with Crippen LogP contribution in [0, 0.1) is 11.8 Å². The Labute approximate surface area is 156 Å². The first-order valence-electron chi connectivity index (χ1n) is 8.99. The van der Waals surface area contributed by atoms with Crippen LogP contribution in [-0.2, 0) is 23.9 Å². The summed E-state index contributed by atoms with van der Waals surface area (Å²) in [7, 11) is 1.34. The molecule has 144 valence electrons. The quantitative estimate of drug-likeness (QED) is 0.459. The van der Waals surface area contributed by atoms with Crippen LogP contribution >= 0.6 is 0 Å². The van der Waals surface area contributed by atoms with E-state index >= 15 is 0 Å². The highest BCUT2D eigenvalue weighted by Gasteiger charge is 2.39. The van der Waals surface area contributed by atoms with Crippen molar-refractivity contribution in [1.29, 1.82) is 0 Å². The average molecular weight is 362 g/mol. The largest absolute Gasteiger partial charge is 0.469 e. The molecule has 1 aliphatic rings. The zero-order chi connectivity index (χ0) is 19.7. The van der Waals surface area contributed by atoms with Crippen molar-refractivity contribution in [2.24, 2.45) is 11.8 Å². The molecule has 5 heteroatoms. The monoisotopic (exact) mass is 362 g/mol. The van der Waals surface area contributed by atoms with Crippen molar-refractivity contribution in [1.82, 2.24) is 0 Å². The normalized spacial score (nSPS) is 21.1. The number of esters is 2. The summed E-state index contributed by atoms with van der Waals surface area (Å²) in [5.41, 5.74) is 2.83. The number of cyclic esters (lactones) is 1. The van der Waals surface area contributed by atoms with Gasteiger partial charge in [-0.05, 0) is 45.6 Å². The fraction of sp³-hybridized carbons (Fsp3) is 0.571. The number of ether oxygens (including phenoxy) is 2. The van der Waals surface area contributed by atoms with Gasteiger partial charge in [-0.3, -0.25) is 9.59 Å². The van der Waals surface area contributed by atoms with Gasteiger partial charge in [0.1, 0.15) is 12.4 Å². The standard InChI is InChI=1S/C21H30O5/c1-14(2)8-6-11-17-13-26-21(24)20(18(17)12-19(23)25-5)15(3)9-7-10-16(4)22/h8,11,18,20H,3,6-7,9-10,12-13H2,1-2,4-5H3/t18-,20+/m1/s1. The molecular formula is C21H30O5. The molecule has 0 aromatic rings. The Morgan fingerprint density at radius 1 is 1.27 bits per heavy atom. The lowest BCUT2D eigenvalue weighted by Gasteiger charge is -2.33. The third-order valence-corrected chi connectivity index (χ3v) is 4.50. The number of ketones is 1. The minimum Gasteiger partial charge on any atom is -0.469 e. The van der Waals surface area contributed by atoms with Gasteiger partial charge in [0.25, 0.3) is 0 Å². The molecule has 0 radical (unpaired) electrons. The molecule has 0 unspecified atom stereocenters. The molecule has 1 fully saturated rings. The van der Waals surface area contributed by atoms with Gasteiger partial charge >= 0.3 is 11.9 Å². The predicted molar refractivity (Wildman–Crippen MR) is 100 cm³/mol. The maximum atomic E-state index is 12.4. The van der Waals surface area contributed by atoms with Crippen molar-refractivity contribution < 1.29 is 23.9 Å². The molecule has 0 N–H and O–H groups in total. The Bertz CT molecular complexity index is 608. The van der Waals surface area contributed by atoms with E-state index in [0.29, 0.717) is 24.8 Å². The number of Topliss-reactive ketones (excluding diaryl/α,β-unsaturated/α-hetero) is 1. The van der Waals surface area contributed by atoms with Gasteiger partial charge in [0.15, 0.2) is 0 Å². The summed E-state index contributed by atoms with van der Waals surface area (Å²) in [4.78, 5) is 35.4. The minimum atomic E-state index is -0.576. The van der Waals surface area contributed by atoms with E-state index in [2.05, 4.69) is 12.7 Å². The molecule has 1 heterocycles. The van der Waals surface area contributed by atoms with Crippen LogP contribution in [0.1, 0.15) is 52.9 Å². The highest BCUT2D eigenvalue weighted by molar-refractivity contribution is 5.80. The van der Waals surface area contributed by atoms with Gasteiger partial charge in [-0.1, -0.05) is 29.9 Å². The van der Waals surface area contributed by atoms with Crippen LogP contribution < -0.4 is 0 Å². The molecule has 0 aromatic carbocycles. The predicted octanol–water partition coefficient (Wildman–Crippen LogP) is 3.94. The van der Waals surface area contributed by atoms with Gasteiger partial charge in [-0.15, -0.1) is 0 Å². The fourth-order valence-corrected chi connectivity index (χ4v) is 3.07. The molecule has 1 rings (SSSR count). The molecule has 0 saturated carbocycles. The van der Waals surface area contributed by atoms with Crippen LogP contribution in [-0.4, -0.2) is 31.4 Å². The first-order chi connectivity index (χ1) is 12.3. The first-order valence-corrected chi connectivity index (χ1v) is 8.99. The number of allylic oxidation sites excluding steroid dienone is 3. The smallest absolute Gasteiger partial charge is 0.314 e. The topological polar surface area (TPSA) is 69.7 Å². The third-order valence-electron chi connectivity index (χ3n) is 4.50. The molecule has 0 amide bonds. The Hall–Kier alpha value is -2.17. The van der Waals surface area contributed by atoms with Crippen LogP contribution in [0.4, 0.5) is 0 Å². The lowest BCUT2D eigenvalue weighted by atomic mass is 9.76. The van der Waals surface area contributed by atoms with Gasteiger partial charge in [0.2, 0.25) is 0 Å². The van der Waals surface area contributed by atoms with Crippen LogP contribution in [0.2, 0.25) is 0 Å². The van der Waals surface area contributed by atoms with Gasteiger partial charge in [0.05, 0.1) is 19.4 Å². The van der Waals surface area contributed by atoms with Crippen molar-refractivity contribution >= 4 is 17.7 Å². The summed E-state index contributed by atoms with van der Waals surface area (Å²) in [6.07, 6.45) is 6.57. The third kappa shape index (κ3) is 6.98. The van der Waals surface area contributed by atoms with Gasteiger partial charge in [-0.25, -0.2) is 0 Å². The second-order valence-corrected chi connectivity index (χ2v) is 6.98. The molecule has 26 heavy (non-hydrogen) atoms. The van der Waals surface area contributed by atoms with E-state index in [4.69, 9.17) is 9.47 Å². The highest BCUT2D eigenvalue weighted by Crippen LogP contribution is 2.37. The van der Waals surface area contributed by atoms with Crippen LogP contribution in [0.3, 0.4) is 0 Å². The minimum absolute atomic E-state index is 0.109. The number of rotatable bonds is 9. The number of hydrogen-bond donors (Lipinski definition) is 0. The molecule has 0 aromatic heterocycles. The molecular weight excluding hydrogens is 332 g/mol. The van der Waals surface area contributed by atoms with Gasteiger partial charge in [0, 0.05) is 12.3 Å². The summed E-state index contributed by atoms with van der Waals surface area (Å²) in [6, 6.07) is 0. The average Bonchev–Trinajstić information content (AvgIpc) is 2.56. The Morgan fingerprint density at radius 3 is 2.54 bits per heavy atom. The molecule has 0 spiro atoms. The van der Waals surface area contributed by atoms with Crippen molar-refractivity contribution in [3.63, 3.8) is 0 Å². The van der Waals surface area contributed by atoms with Gasteiger partial charge in [-0.2, -0.15) is 0 Å². The maximum Gasteiger partial charge on any atom is 0.314 e. The highest BCUT2D eigenvalue weighted by atomic mass is 16.5. The van der Waals surface area contributed by atoms with E-state index in [1.807, 2.05) is 19.9 Å². The zero-order valence-electron chi connectivity index (χ0n) is 16.3. The Morgan fingerprint density at radius 2 is 1.96 bits per heavy atom. The van der Waals surface area contributed by atoms with E-state index in [1.54, 1.807) is 6.92 Å². The van der Waals surface area contributed by atoms with E-state index in [-0.39, 0.29) is 36.7 Å². The molecule has 1 aliphatic heterocycles. The molecule has 0 aliphatic carbocycles. The number of carbonyl (C=O) groups excluding carboxylic acids is 3. The Balaban J connectivity index is 3.01. The maximum absolute atomic E-state index is 12.4. The van der Waals surface area contributed by atoms with Crippen LogP contribution in [0.5, 0.6) is 0 Å². The lowest BCUT2D eigenvalue weighted by Crippen LogP contribution is -2.37. The van der Waals surface area contributed by atoms with E-state index in [0.717, 1.165) is 12.0 Å². The number of methoxy groups -OCH3 is 1. The summed E-state index contributed by atoms with van der Waals surface area (Å²) in [5.74, 6) is -1.49. The van der Waals surface area contributed by atoms with Crippen LogP contribution in [0.15, 0.2) is 35.5 Å². The van der Waals surface area contributed by atoms with Crippen molar-refractivity contribution in [2.45, 2.75) is 52.9 Å². The Kier molecular flexibility index (Phi) is 9.03. The summed E-state index contributed by atoms with van der Waals surface area (Å²) < 4.78 is 10.2. The zero-order valence-corrected chi connectivity index (χ0v) is 16.3. The summed E-state index contributed by atoms with van der Waals surface area (Å²) >= 11 is 0. The second-order valence-electron chi connectivity index (χ2n) is 6.98. The van der Waals surface area contributed by atoms with E-state index in [9.17, 15) is 14.4 Å². The number of hydrogen-bond acceptors (Lipinski definition) is 5. The van der Waals surface area contributed by atoms with E-state index < -0.39 is 5.92 Å². The number of carbonyl (C=O) groups is 3. The molecule has 2 atom stereocenters. The molecule has 0 bridgehead atoms. The van der Waals surface area contributed by atoms with Crippen molar-refractivity contribution in [3.8, 4) is 0 Å². The van der Waals surface area contributed by atoms with E-state index in [1.165, 1.54) is 12.7 Å². The summed E-state index contributed by atoms with van der Waals surface area (Å²) in [5, 5.41) is 0.